The second kappa shape index (κ2) is 7.91. The third-order valence-corrected chi connectivity index (χ3v) is 6.15. The van der Waals surface area contributed by atoms with Crippen molar-refractivity contribution in [1.29, 1.82) is 0 Å². The van der Waals surface area contributed by atoms with Crippen LogP contribution in [-0.2, 0) is 22.5 Å². The molecule has 2 aliphatic carbocycles. The lowest BCUT2D eigenvalue weighted by molar-refractivity contribution is -0.137. The van der Waals surface area contributed by atoms with Crippen molar-refractivity contribution in [2.45, 2.75) is 37.8 Å². The van der Waals surface area contributed by atoms with E-state index in [1.54, 1.807) is 6.20 Å². The van der Waals surface area contributed by atoms with E-state index >= 15 is 0 Å². The highest BCUT2D eigenvalue weighted by Gasteiger charge is 2.31. The first-order valence-electron chi connectivity index (χ1n) is 10.5. The summed E-state index contributed by atoms with van der Waals surface area (Å²) in [5.74, 6) is -0.964. The first-order valence-corrected chi connectivity index (χ1v) is 10.5. The fraction of sp³-hybridized carbons (Fsp3) is 0.292. The van der Waals surface area contributed by atoms with Crippen molar-refractivity contribution in [3.05, 3.63) is 77.1 Å². The highest BCUT2D eigenvalue weighted by Crippen LogP contribution is 2.44. The molecule has 0 spiro atoms. The molecule has 5 rings (SSSR count). The van der Waals surface area contributed by atoms with E-state index in [9.17, 15) is 9.59 Å². The number of nitrogens with zero attached hydrogens (tertiary/aromatic N) is 2. The monoisotopic (exact) mass is 417 g/mol. The summed E-state index contributed by atoms with van der Waals surface area (Å²) < 4.78 is 7.12. The number of hydrogen-bond acceptors (Lipinski definition) is 4. The number of rotatable bonds is 5. The zero-order valence-corrected chi connectivity index (χ0v) is 17.0. The molecule has 0 fully saturated rings. The zero-order valence-electron chi connectivity index (χ0n) is 17.0. The minimum Gasteiger partial charge on any atom is -0.480 e. The van der Waals surface area contributed by atoms with Gasteiger partial charge in [0.05, 0.1) is 17.9 Å². The minimum atomic E-state index is -0.962. The number of nitrogens with one attached hydrogen (secondary N) is 1. The van der Waals surface area contributed by atoms with E-state index in [1.165, 1.54) is 15.8 Å². The van der Waals surface area contributed by atoms with Crippen molar-refractivity contribution in [3.63, 3.8) is 0 Å². The van der Waals surface area contributed by atoms with Gasteiger partial charge in [0, 0.05) is 5.92 Å². The van der Waals surface area contributed by atoms with E-state index in [2.05, 4.69) is 34.7 Å². The van der Waals surface area contributed by atoms with Gasteiger partial charge < -0.3 is 15.2 Å². The first-order chi connectivity index (χ1) is 15.1. The fourth-order valence-corrected chi connectivity index (χ4v) is 4.84. The SMILES string of the molecule is O=C(O)Cn1ncc2c1C(NC(=O)OCC1c3ccccc3-c3ccccc31)CCC2. The molecule has 2 N–H and O–H groups in total. The Morgan fingerprint density at radius 2 is 1.77 bits per heavy atom. The van der Waals surface area contributed by atoms with Crippen LogP contribution in [0.25, 0.3) is 11.1 Å². The maximum atomic E-state index is 12.7. The molecule has 0 saturated carbocycles. The van der Waals surface area contributed by atoms with Gasteiger partial charge in [-0.2, -0.15) is 5.10 Å². The molecule has 7 heteroatoms. The molecule has 158 valence electrons. The van der Waals surface area contributed by atoms with Gasteiger partial charge in [-0.15, -0.1) is 0 Å². The van der Waals surface area contributed by atoms with E-state index in [1.807, 2.05) is 24.3 Å². The summed E-state index contributed by atoms with van der Waals surface area (Å²) in [7, 11) is 0. The summed E-state index contributed by atoms with van der Waals surface area (Å²) in [5.41, 5.74) is 6.44. The lowest BCUT2D eigenvalue weighted by atomic mass is 9.93. The summed E-state index contributed by atoms with van der Waals surface area (Å²) >= 11 is 0. The molecule has 31 heavy (non-hydrogen) atoms. The summed E-state index contributed by atoms with van der Waals surface area (Å²) in [6.07, 6.45) is 3.66. The molecule has 2 aliphatic rings. The highest BCUT2D eigenvalue weighted by molar-refractivity contribution is 5.79. The number of benzene rings is 2. The Morgan fingerprint density at radius 1 is 1.10 bits per heavy atom. The predicted molar refractivity (Wildman–Crippen MR) is 114 cm³/mol. The second-order valence-electron chi connectivity index (χ2n) is 8.02. The minimum absolute atomic E-state index is 0.00222. The number of hydrogen-bond donors (Lipinski definition) is 2. The van der Waals surface area contributed by atoms with Crippen LogP contribution in [0.3, 0.4) is 0 Å². The number of carboxylic acid groups (broad SMARTS) is 1. The molecule has 1 heterocycles. The topological polar surface area (TPSA) is 93.5 Å². The zero-order chi connectivity index (χ0) is 21.4. The van der Waals surface area contributed by atoms with Gasteiger partial charge in [-0.3, -0.25) is 9.48 Å². The summed E-state index contributed by atoms with van der Waals surface area (Å²) in [5, 5.41) is 16.3. The summed E-state index contributed by atoms with van der Waals surface area (Å²) in [4.78, 5) is 23.8. The van der Waals surface area contributed by atoms with Crippen LogP contribution in [0.2, 0.25) is 0 Å². The Kier molecular flexibility index (Phi) is 4.94. The third-order valence-electron chi connectivity index (χ3n) is 6.15. The Labute approximate surface area is 179 Å². The lowest BCUT2D eigenvalue weighted by Crippen LogP contribution is -2.34. The molecule has 1 amide bonds. The van der Waals surface area contributed by atoms with Gasteiger partial charge in [-0.1, -0.05) is 48.5 Å². The van der Waals surface area contributed by atoms with Gasteiger partial charge in [0.2, 0.25) is 0 Å². The van der Waals surface area contributed by atoms with Crippen LogP contribution in [0.15, 0.2) is 54.7 Å². The first kappa shape index (κ1) is 19.4. The fourth-order valence-electron chi connectivity index (χ4n) is 4.84. The van der Waals surface area contributed by atoms with Crippen molar-refractivity contribution in [2.24, 2.45) is 0 Å². The van der Waals surface area contributed by atoms with Gasteiger partial charge in [-0.25, -0.2) is 4.79 Å². The normalized spacial score (nSPS) is 16.8. The quantitative estimate of drug-likeness (QED) is 0.657. The van der Waals surface area contributed by atoms with E-state index in [-0.39, 0.29) is 25.1 Å². The van der Waals surface area contributed by atoms with E-state index in [0.717, 1.165) is 41.6 Å². The van der Waals surface area contributed by atoms with Crippen molar-refractivity contribution in [2.75, 3.05) is 6.61 Å². The average molecular weight is 417 g/mol. The molecule has 1 atom stereocenters. The van der Waals surface area contributed by atoms with Crippen LogP contribution < -0.4 is 5.32 Å². The maximum Gasteiger partial charge on any atom is 0.407 e. The number of carboxylic acids is 1. The van der Waals surface area contributed by atoms with Crippen LogP contribution in [0.4, 0.5) is 4.79 Å². The molecule has 2 aromatic carbocycles. The van der Waals surface area contributed by atoms with Crippen molar-refractivity contribution < 1.29 is 19.4 Å². The Balaban J connectivity index is 1.30. The van der Waals surface area contributed by atoms with Gasteiger partial charge >= 0.3 is 12.1 Å². The van der Waals surface area contributed by atoms with Crippen LogP contribution >= 0.6 is 0 Å². The number of carbonyl (C=O) groups is 2. The molecule has 0 bridgehead atoms. The Bertz CT molecular complexity index is 1110. The van der Waals surface area contributed by atoms with E-state index in [4.69, 9.17) is 9.84 Å². The van der Waals surface area contributed by atoms with Gasteiger partial charge in [-0.05, 0) is 47.1 Å². The van der Waals surface area contributed by atoms with Gasteiger partial charge in [0.15, 0.2) is 0 Å². The van der Waals surface area contributed by atoms with Gasteiger partial charge in [0.1, 0.15) is 13.2 Å². The lowest BCUT2D eigenvalue weighted by Gasteiger charge is -2.25. The van der Waals surface area contributed by atoms with E-state index in [0.29, 0.717) is 0 Å². The molecular weight excluding hydrogens is 394 g/mol. The molecule has 1 aromatic heterocycles. The molecule has 0 aliphatic heterocycles. The summed E-state index contributed by atoms with van der Waals surface area (Å²) in [6, 6.07) is 16.1. The third kappa shape index (κ3) is 3.56. The van der Waals surface area contributed by atoms with Crippen molar-refractivity contribution >= 4 is 12.1 Å². The number of aliphatic carboxylic acids is 1. The van der Waals surface area contributed by atoms with Crippen LogP contribution in [0.5, 0.6) is 0 Å². The molecule has 7 nitrogen and oxygen atoms in total. The van der Waals surface area contributed by atoms with Crippen molar-refractivity contribution in [1.82, 2.24) is 15.1 Å². The highest BCUT2D eigenvalue weighted by atomic mass is 16.5. The molecular formula is C24H23N3O4. The van der Waals surface area contributed by atoms with Crippen LogP contribution in [0, 0.1) is 0 Å². The molecule has 0 saturated heterocycles. The van der Waals surface area contributed by atoms with Crippen LogP contribution in [0.1, 0.15) is 47.2 Å². The largest absolute Gasteiger partial charge is 0.480 e. The number of amides is 1. The number of aromatic nitrogens is 2. The number of ether oxygens (including phenoxy) is 1. The number of fused-ring (bicyclic) bond motifs is 4. The number of aryl methyl sites for hydroxylation is 1. The Morgan fingerprint density at radius 3 is 2.45 bits per heavy atom. The summed E-state index contributed by atoms with van der Waals surface area (Å²) in [6.45, 7) is 0.0199. The molecule has 0 radical (unpaired) electrons. The van der Waals surface area contributed by atoms with Gasteiger partial charge in [0.25, 0.3) is 0 Å². The molecule has 3 aromatic rings. The van der Waals surface area contributed by atoms with Crippen LogP contribution in [-0.4, -0.2) is 33.6 Å². The predicted octanol–water partition coefficient (Wildman–Crippen LogP) is 3.88. The Hall–Kier alpha value is -3.61. The van der Waals surface area contributed by atoms with Crippen molar-refractivity contribution in [3.8, 4) is 11.1 Å². The number of carbonyl (C=O) groups excluding carboxylic acids is 1. The average Bonchev–Trinajstić information content (AvgIpc) is 3.32. The number of alkyl carbamates (subject to hydrolysis) is 1. The molecule has 1 unspecified atom stereocenters. The standard InChI is InChI=1S/C24H23N3O4/c28-22(29)13-27-23-15(12-25-27)6-5-11-21(23)26-24(30)31-14-20-18-9-3-1-7-16(18)17-8-2-4-10-19(17)20/h1-4,7-10,12,20-21H,5-6,11,13-14H2,(H,26,30)(H,28,29). The van der Waals surface area contributed by atoms with E-state index < -0.39 is 12.1 Å². The smallest absolute Gasteiger partial charge is 0.407 e. The maximum absolute atomic E-state index is 12.7. The second-order valence-corrected chi connectivity index (χ2v) is 8.02.